The van der Waals surface area contributed by atoms with Crippen molar-refractivity contribution in [2.75, 3.05) is 0 Å². The molecule has 0 bridgehead atoms. The number of barbiturate groups is 1. The fourth-order valence-electron chi connectivity index (χ4n) is 1.77. The number of ketones is 1. The first kappa shape index (κ1) is 13.1. The van der Waals surface area contributed by atoms with E-state index in [4.69, 9.17) is 0 Å². The van der Waals surface area contributed by atoms with Crippen LogP contribution >= 0.6 is 0 Å². The first-order chi connectivity index (χ1) is 7.86. The number of Topliss-reactive ketones (excluding diaryl/α,β-unsaturated/α-hetero) is 1. The molecule has 0 unspecified atom stereocenters. The molecular formula is C11H14N2O4. The Hall–Kier alpha value is -1.98. The van der Waals surface area contributed by atoms with Crippen LogP contribution in [0.1, 0.15) is 20.3 Å². The summed E-state index contributed by atoms with van der Waals surface area (Å²) in [6.45, 7) is 6.61. The highest BCUT2D eigenvalue weighted by atomic mass is 16.2. The van der Waals surface area contributed by atoms with Crippen LogP contribution < -0.4 is 10.6 Å². The molecule has 0 aliphatic carbocycles. The van der Waals surface area contributed by atoms with Crippen LogP contribution in [0.15, 0.2) is 12.7 Å². The maximum absolute atomic E-state index is 12.1. The molecule has 1 heterocycles. The minimum absolute atomic E-state index is 0.130. The van der Waals surface area contributed by atoms with Gasteiger partial charge in [0.25, 0.3) is 11.8 Å². The highest BCUT2D eigenvalue weighted by Crippen LogP contribution is 2.30. The van der Waals surface area contributed by atoms with Gasteiger partial charge in [-0.2, -0.15) is 0 Å². The number of nitrogens with one attached hydrogen (secondary N) is 2. The summed E-state index contributed by atoms with van der Waals surface area (Å²) in [5.74, 6) is -2.80. The second-order valence-electron chi connectivity index (χ2n) is 4.15. The summed E-state index contributed by atoms with van der Waals surface area (Å²) >= 11 is 0. The molecule has 6 heteroatoms. The van der Waals surface area contributed by atoms with E-state index in [0.717, 1.165) is 0 Å². The monoisotopic (exact) mass is 238 g/mol. The van der Waals surface area contributed by atoms with Gasteiger partial charge in [0.1, 0.15) is 0 Å². The van der Waals surface area contributed by atoms with Gasteiger partial charge < -0.3 is 0 Å². The molecule has 1 fully saturated rings. The minimum Gasteiger partial charge on any atom is -0.298 e. The van der Waals surface area contributed by atoms with Crippen molar-refractivity contribution in [2.24, 2.45) is 11.3 Å². The summed E-state index contributed by atoms with van der Waals surface area (Å²) in [7, 11) is 0. The van der Waals surface area contributed by atoms with Gasteiger partial charge in [-0.1, -0.05) is 19.9 Å². The molecule has 0 radical (unpaired) electrons. The van der Waals surface area contributed by atoms with E-state index in [2.05, 4.69) is 6.58 Å². The second-order valence-corrected chi connectivity index (χ2v) is 4.15. The lowest BCUT2D eigenvalue weighted by atomic mass is 9.73. The zero-order valence-electron chi connectivity index (χ0n) is 9.70. The molecule has 0 aromatic carbocycles. The van der Waals surface area contributed by atoms with Crippen molar-refractivity contribution in [3.63, 3.8) is 0 Å². The van der Waals surface area contributed by atoms with Crippen molar-refractivity contribution in [1.82, 2.24) is 10.6 Å². The van der Waals surface area contributed by atoms with E-state index < -0.39 is 35.0 Å². The van der Waals surface area contributed by atoms with Crippen molar-refractivity contribution >= 4 is 23.6 Å². The van der Waals surface area contributed by atoms with Gasteiger partial charge >= 0.3 is 6.03 Å². The van der Waals surface area contributed by atoms with Crippen molar-refractivity contribution in [2.45, 2.75) is 20.3 Å². The van der Waals surface area contributed by atoms with Crippen molar-refractivity contribution < 1.29 is 19.2 Å². The SMILES string of the molecule is C=CCC1(C(=O)C(C)C)C(=O)NC(=O)NC1=O. The van der Waals surface area contributed by atoms with Gasteiger partial charge in [-0.05, 0) is 6.42 Å². The molecule has 1 rings (SSSR count). The molecule has 0 aromatic heterocycles. The van der Waals surface area contributed by atoms with Crippen molar-refractivity contribution in [3.05, 3.63) is 12.7 Å². The smallest absolute Gasteiger partial charge is 0.298 e. The third kappa shape index (κ3) is 1.98. The number of urea groups is 1. The summed E-state index contributed by atoms with van der Waals surface area (Å²) in [6, 6.07) is -0.906. The fourth-order valence-corrected chi connectivity index (χ4v) is 1.77. The van der Waals surface area contributed by atoms with Gasteiger partial charge in [-0.15, -0.1) is 6.58 Å². The van der Waals surface area contributed by atoms with Gasteiger partial charge in [0.2, 0.25) is 0 Å². The zero-order chi connectivity index (χ0) is 13.2. The minimum atomic E-state index is -1.87. The van der Waals surface area contributed by atoms with E-state index in [1.54, 1.807) is 13.8 Å². The lowest BCUT2D eigenvalue weighted by Crippen LogP contribution is -2.65. The van der Waals surface area contributed by atoms with E-state index in [1.807, 2.05) is 10.6 Å². The Morgan fingerprint density at radius 1 is 1.29 bits per heavy atom. The number of carbonyl (C=O) groups excluding carboxylic acids is 4. The Labute approximate surface area is 98.4 Å². The number of hydrogen-bond donors (Lipinski definition) is 2. The molecule has 0 aromatic rings. The van der Waals surface area contributed by atoms with Crippen LogP contribution in [-0.2, 0) is 14.4 Å². The molecule has 0 spiro atoms. The van der Waals surface area contributed by atoms with Gasteiger partial charge in [0, 0.05) is 5.92 Å². The summed E-state index contributed by atoms with van der Waals surface area (Å²) in [4.78, 5) is 46.6. The zero-order valence-corrected chi connectivity index (χ0v) is 9.70. The molecule has 92 valence electrons. The molecule has 1 aliphatic heterocycles. The molecule has 1 aliphatic rings. The normalized spacial score (nSPS) is 18.6. The standard InChI is InChI=1S/C11H14N2O4/c1-4-5-11(7(14)6(2)3)8(15)12-10(17)13-9(11)16/h4,6H,1,5H2,2-3H3,(H2,12,13,15,16,17). The predicted octanol–water partition coefficient (Wildman–Crippen LogP) is 0.140. The molecule has 2 N–H and O–H groups in total. The Bertz CT molecular complexity index is 392. The Balaban J connectivity index is 3.26. The van der Waals surface area contributed by atoms with E-state index in [-0.39, 0.29) is 6.42 Å². The Morgan fingerprint density at radius 3 is 2.12 bits per heavy atom. The lowest BCUT2D eigenvalue weighted by molar-refractivity contribution is -0.153. The van der Waals surface area contributed by atoms with E-state index in [0.29, 0.717) is 0 Å². The Morgan fingerprint density at radius 2 is 1.76 bits per heavy atom. The molecule has 0 saturated carbocycles. The first-order valence-corrected chi connectivity index (χ1v) is 5.18. The number of hydrogen-bond acceptors (Lipinski definition) is 4. The van der Waals surface area contributed by atoms with Crippen LogP contribution in [0.5, 0.6) is 0 Å². The summed E-state index contributed by atoms with van der Waals surface area (Å²) in [5, 5.41) is 3.89. The van der Waals surface area contributed by atoms with Crippen LogP contribution in [0, 0.1) is 11.3 Å². The van der Waals surface area contributed by atoms with Crippen LogP contribution in [0.25, 0.3) is 0 Å². The van der Waals surface area contributed by atoms with Crippen molar-refractivity contribution in [1.29, 1.82) is 0 Å². The predicted molar refractivity (Wildman–Crippen MR) is 58.8 cm³/mol. The van der Waals surface area contributed by atoms with Gasteiger partial charge in [-0.3, -0.25) is 25.0 Å². The van der Waals surface area contributed by atoms with Crippen LogP contribution in [0.4, 0.5) is 4.79 Å². The maximum Gasteiger partial charge on any atom is 0.328 e. The average molecular weight is 238 g/mol. The largest absolute Gasteiger partial charge is 0.328 e. The second kappa shape index (κ2) is 4.48. The number of rotatable bonds is 4. The quantitative estimate of drug-likeness (QED) is 0.538. The highest BCUT2D eigenvalue weighted by Gasteiger charge is 2.55. The topological polar surface area (TPSA) is 92.3 Å². The van der Waals surface area contributed by atoms with Gasteiger partial charge in [0.05, 0.1) is 0 Å². The lowest BCUT2D eigenvalue weighted by Gasteiger charge is -2.32. The summed E-state index contributed by atoms with van der Waals surface area (Å²) < 4.78 is 0. The van der Waals surface area contributed by atoms with E-state index in [9.17, 15) is 19.2 Å². The average Bonchev–Trinajstić information content (AvgIpc) is 2.22. The number of allylic oxidation sites excluding steroid dienone is 1. The molecule has 4 amide bonds. The van der Waals surface area contributed by atoms with Crippen LogP contribution in [0.3, 0.4) is 0 Å². The Kier molecular flexibility index (Phi) is 3.45. The maximum atomic E-state index is 12.1. The third-order valence-electron chi connectivity index (χ3n) is 2.62. The van der Waals surface area contributed by atoms with Crippen LogP contribution in [-0.4, -0.2) is 23.6 Å². The van der Waals surface area contributed by atoms with Crippen LogP contribution in [0.2, 0.25) is 0 Å². The van der Waals surface area contributed by atoms with Gasteiger partial charge in [0.15, 0.2) is 11.2 Å². The fraction of sp³-hybridized carbons (Fsp3) is 0.455. The number of amides is 4. The highest BCUT2D eigenvalue weighted by molar-refractivity contribution is 6.30. The summed E-state index contributed by atoms with van der Waals surface area (Å²) in [5.41, 5.74) is -1.87. The molecule has 6 nitrogen and oxygen atoms in total. The van der Waals surface area contributed by atoms with E-state index >= 15 is 0 Å². The van der Waals surface area contributed by atoms with Crippen molar-refractivity contribution in [3.8, 4) is 0 Å². The molecule has 1 saturated heterocycles. The number of carbonyl (C=O) groups is 4. The number of imide groups is 2. The third-order valence-corrected chi connectivity index (χ3v) is 2.62. The van der Waals surface area contributed by atoms with Gasteiger partial charge in [-0.25, -0.2) is 4.79 Å². The molecular weight excluding hydrogens is 224 g/mol. The first-order valence-electron chi connectivity index (χ1n) is 5.18. The van der Waals surface area contributed by atoms with E-state index in [1.165, 1.54) is 6.08 Å². The molecule has 0 atom stereocenters. The summed E-state index contributed by atoms with van der Waals surface area (Å²) in [6.07, 6.45) is 1.18. The molecule has 17 heavy (non-hydrogen) atoms.